The standard InChI is InChI=1S/C13H28N2O6/c1-13(2,3)21-12(16)15-20-11-10-19-9-8-18-7-6-17-5-4-14/h4-11,14H2,1-3H3,(H,15,16). The van der Waals surface area contributed by atoms with Crippen molar-refractivity contribution in [1.82, 2.24) is 5.48 Å². The number of hydroxylamine groups is 1. The summed E-state index contributed by atoms with van der Waals surface area (Å²) in [6.07, 6.45) is -0.622. The van der Waals surface area contributed by atoms with Crippen molar-refractivity contribution in [3.05, 3.63) is 0 Å². The van der Waals surface area contributed by atoms with Gasteiger partial charge in [0.2, 0.25) is 0 Å². The van der Waals surface area contributed by atoms with Crippen LogP contribution < -0.4 is 11.2 Å². The van der Waals surface area contributed by atoms with Crippen LogP contribution in [-0.2, 0) is 23.8 Å². The van der Waals surface area contributed by atoms with E-state index in [0.717, 1.165) is 0 Å². The third-order valence-electron chi connectivity index (χ3n) is 1.89. The van der Waals surface area contributed by atoms with Crippen molar-refractivity contribution < 1.29 is 28.6 Å². The lowest BCUT2D eigenvalue weighted by Gasteiger charge is -2.19. The Labute approximate surface area is 126 Å². The Morgan fingerprint density at radius 2 is 1.38 bits per heavy atom. The molecule has 0 aliphatic heterocycles. The number of ether oxygens (including phenoxy) is 4. The van der Waals surface area contributed by atoms with Crippen LogP contribution in [0.2, 0.25) is 0 Å². The summed E-state index contributed by atoms with van der Waals surface area (Å²) < 4.78 is 20.6. The number of nitrogens with two attached hydrogens (primary N) is 1. The van der Waals surface area contributed by atoms with Crippen molar-refractivity contribution in [1.29, 1.82) is 0 Å². The molecule has 8 nitrogen and oxygen atoms in total. The molecule has 0 rings (SSSR count). The van der Waals surface area contributed by atoms with Crippen LogP contribution >= 0.6 is 0 Å². The topological polar surface area (TPSA) is 101 Å². The van der Waals surface area contributed by atoms with E-state index in [0.29, 0.717) is 46.2 Å². The summed E-state index contributed by atoms with van der Waals surface area (Å²) in [7, 11) is 0. The molecular formula is C13H28N2O6. The van der Waals surface area contributed by atoms with Crippen LogP contribution in [0.1, 0.15) is 20.8 Å². The highest BCUT2D eigenvalue weighted by Crippen LogP contribution is 2.06. The number of rotatable bonds is 12. The van der Waals surface area contributed by atoms with Crippen molar-refractivity contribution in [2.45, 2.75) is 26.4 Å². The van der Waals surface area contributed by atoms with E-state index in [1.807, 2.05) is 0 Å². The number of carbonyl (C=O) groups is 1. The summed E-state index contributed by atoms with van der Waals surface area (Å²) in [6, 6.07) is 0. The summed E-state index contributed by atoms with van der Waals surface area (Å²) in [5, 5.41) is 0. The molecule has 0 fully saturated rings. The van der Waals surface area contributed by atoms with Crippen molar-refractivity contribution in [2.75, 3.05) is 52.8 Å². The van der Waals surface area contributed by atoms with Crippen molar-refractivity contribution in [3.63, 3.8) is 0 Å². The lowest BCUT2D eigenvalue weighted by atomic mass is 10.2. The van der Waals surface area contributed by atoms with Gasteiger partial charge in [-0.3, -0.25) is 4.84 Å². The van der Waals surface area contributed by atoms with E-state index in [1.165, 1.54) is 0 Å². The molecule has 0 atom stereocenters. The first-order chi connectivity index (χ1) is 9.95. The molecule has 3 N–H and O–H groups in total. The van der Waals surface area contributed by atoms with Crippen molar-refractivity contribution in [2.24, 2.45) is 5.73 Å². The molecule has 0 aliphatic rings. The zero-order valence-electron chi connectivity index (χ0n) is 13.2. The second-order valence-electron chi connectivity index (χ2n) is 5.08. The molecule has 0 aliphatic carbocycles. The molecule has 21 heavy (non-hydrogen) atoms. The number of nitrogens with one attached hydrogen (secondary N) is 1. The second kappa shape index (κ2) is 12.8. The molecule has 0 heterocycles. The van der Waals surface area contributed by atoms with E-state index >= 15 is 0 Å². The van der Waals surface area contributed by atoms with Gasteiger partial charge in [0.1, 0.15) is 5.60 Å². The largest absolute Gasteiger partial charge is 0.442 e. The van der Waals surface area contributed by atoms with Crippen molar-refractivity contribution in [3.8, 4) is 0 Å². The third-order valence-corrected chi connectivity index (χ3v) is 1.89. The van der Waals surface area contributed by atoms with E-state index in [2.05, 4.69) is 5.48 Å². The third kappa shape index (κ3) is 17.0. The monoisotopic (exact) mass is 308 g/mol. The molecular weight excluding hydrogens is 280 g/mol. The molecule has 0 unspecified atom stereocenters. The van der Waals surface area contributed by atoms with Gasteiger partial charge in [0.05, 0.1) is 46.2 Å². The molecule has 0 bridgehead atoms. The Kier molecular flexibility index (Phi) is 12.2. The van der Waals surface area contributed by atoms with E-state index in [4.69, 9.17) is 29.5 Å². The molecule has 0 radical (unpaired) electrons. The molecule has 0 aromatic carbocycles. The zero-order valence-corrected chi connectivity index (χ0v) is 13.2. The van der Waals surface area contributed by atoms with Gasteiger partial charge in [0.15, 0.2) is 0 Å². The van der Waals surface area contributed by atoms with E-state index in [9.17, 15) is 4.79 Å². The van der Waals surface area contributed by atoms with E-state index < -0.39 is 11.7 Å². The van der Waals surface area contributed by atoms with Gasteiger partial charge in [-0.15, -0.1) is 0 Å². The van der Waals surface area contributed by atoms with Gasteiger partial charge >= 0.3 is 6.09 Å². The maximum absolute atomic E-state index is 11.2. The fourth-order valence-electron chi connectivity index (χ4n) is 1.13. The normalized spacial score (nSPS) is 11.4. The van der Waals surface area contributed by atoms with E-state index in [-0.39, 0.29) is 6.61 Å². The second-order valence-corrected chi connectivity index (χ2v) is 5.08. The predicted octanol–water partition coefficient (Wildman–Crippen LogP) is 0.451. The average Bonchev–Trinajstić information content (AvgIpc) is 2.38. The van der Waals surface area contributed by atoms with Gasteiger partial charge in [-0.1, -0.05) is 0 Å². The molecule has 0 saturated carbocycles. The first-order valence-corrected chi connectivity index (χ1v) is 7.00. The minimum Gasteiger partial charge on any atom is -0.442 e. The summed E-state index contributed by atoms with van der Waals surface area (Å²) >= 11 is 0. The van der Waals surface area contributed by atoms with Crippen LogP contribution in [0.5, 0.6) is 0 Å². The Morgan fingerprint density at radius 1 is 0.905 bits per heavy atom. The first-order valence-electron chi connectivity index (χ1n) is 7.00. The quantitative estimate of drug-likeness (QED) is 0.399. The van der Waals surface area contributed by atoms with Gasteiger partial charge in [-0.05, 0) is 20.8 Å². The minimum atomic E-state index is -0.622. The maximum atomic E-state index is 11.2. The Hall–Kier alpha value is -0.930. The Balaban J connectivity index is 3.17. The van der Waals surface area contributed by atoms with Gasteiger partial charge in [-0.25, -0.2) is 4.79 Å². The first kappa shape index (κ1) is 20.1. The number of hydrogen-bond acceptors (Lipinski definition) is 7. The van der Waals surface area contributed by atoms with Gasteiger partial charge < -0.3 is 24.7 Å². The van der Waals surface area contributed by atoms with Crippen LogP contribution in [0.25, 0.3) is 0 Å². The minimum absolute atomic E-state index is 0.235. The van der Waals surface area contributed by atoms with Crippen LogP contribution in [-0.4, -0.2) is 64.5 Å². The summed E-state index contributed by atoms with van der Waals surface area (Å²) in [5.41, 5.74) is 6.89. The highest BCUT2D eigenvalue weighted by Gasteiger charge is 2.15. The average molecular weight is 308 g/mol. The summed E-state index contributed by atoms with van der Waals surface area (Å²) in [5.74, 6) is 0. The Bertz CT molecular complexity index is 258. The molecule has 0 aromatic heterocycles. The lowest BCUT2D eigenvalue weighted by Crippen LogP contribution is -2.33. The van der Waals surface area contributed by atoms with Crippen molar-refractivity contribution >= 4 is 6.09 Å². The zero-order chi connectivity index (χ0) is 16.0. The summed E-state index contributed by atoms with van der Waals surface area (Å²) in [4.78, 5) is 16.1. The molecule has 8 heteroatoms. The molecule has 0 aromatic rings. The van der Waals surface area contributed by atoms with Gasteiger partial charge in [0, 0.05) is 6.54 Å². The maximum Gasteiger partial charge on any atom is 0.431 e. The van der Waals surface area contributed by atoms with E-state index in [1.54, 1.807) is 20.8 Å². The fraction of sp³-hybridized carbons (Fsp3) is 0.923. The highest BCUT2D eigenvalue weighted by molar-refractivity contribution is 5.66. The van der Waals surface area contributed by atoms with Crippen LogP contribution in [0.3, 0.4) is 0 Å². The van der Waals surface area contributed by atoms with Gasteiger partial charge in [0.25, 0.3) is 0 Å². The Morgan fingerprint density at radius 3 is 1.86 bits per heavy atom. The van der Waals surface area contributed by atoms with Crippen LogP contribution in [0.4, 0.5) is 4.79 Å². The van der Waals surface area contributed by atoms with Crippen LogP contribution in [0, 0.1) is 0 Å². The molecule has 126 valence electrons. The number of amides is 1. The summed E-state index contributed by atoms with van der Waals surface area (Å²) in [6.45, 7) is 8.94. The number of hydrogen-bond donors (Lipinski definition) is 2. The molecule has 0 saturated heterocycles. The molecule has 0 spiro atoms. The number of carbonyl (C=O) groups excluding carboxylic acids is 1. The molecule has 1 amide bonds. The lowest BCUT2D eigenvalue weighted by molar-refractivity contribution is -0.0353. The van der Waals surface area contributed by atoms with Gasteiger partial charge in [-0.2, -0.15) is 5.48 Å². The predicted molar refractivity (Wildman–Crippen MR) is 76.8 cm³/mol. The SMILES string of the molecule is CC(C)(C)OC(=O)NOCCOCCOCCOCCN. The highest BCUT2D eigenvalue weighted by atomic mass is 16.7. The fourth-order valence-corrected chi connectivity index (χ4v) is 1.13. The van der Waals surface area contributed by atoms with Crippen LogP contribution in [0.15, 0.2) is 0 Å². The smallest absolute Gasteiger partial charge is 0.431 e.